The molecule has 0 aliphatic carbocycles. The Labute approximate surface area is 91.2 Å². The summed E-state index contributed by atoms with van der Waals surface area (Å²) >= 11 is 0. The Bertz CT molecular complexity index is 440. The molecule has 0 radical (unpaired) electrons. The van der Waals surface area contributed by atoms with Gasteiger partial charge < -0.3 is 20.4 Å². The average molecular weight is 249 g/mol. The van der Waals surface area contributed by atoms with E-state index in [1.807, 2.05) is 0 Å². The van der Waals surface area contributed by atoms with Gasteiger partial charge in [0.25, 0.3) is 0 Å². The molecule has 5 N–H and O–H groups in total. The zero-order chi connectivity index (χ0) is 11.6. The number of aromatic nitrogens is 1. The van der Waals surface area contributed by atoms with Crippen molar-refractivity contribution in [1.29, 1.82) is 0 Å². The van der Waals surface area contributed by atoms with Gasteiger partial charge in [0, 0.05) is 6.20 Å². The molecule has 1 aromatic heterocycles. The maximum Gasteiger partial charge on any atom is 0.329 e. The average Bonchev–Trinajstić information content (AvgIpc) is 2.10. The summed E-state index contributed by atoms with van der Waals surface area (Å²) in [5.74, 6) is -0.337. The summed E-state index contributed by atoms with van der Waals surface area (Å²) < 4.78 is 10.7. The second-order valence-electron chi connectivity index (χ2n) is 3.07. The monoisotopic (exact) mass is 249 g/mol. The van der Waals surface area contributed by atoms with E-state index in [0.717, 1.165) is 0 Å². The van der Waals surface area contributed by atoms with Crippen LogP contribution >= 0.6 is 7.60 Å². The molecule has 0 bridgehead atoms. The van der Waals surface area contributed by atoms with Crippen molar-refractivity contribution in [3.8, 4) is 5.75 Å². The molecule has 1 rings (SSSR count). The minimum absolute atomic E-state index is 0. The molecule has 1 aromatic rings. The van der Waals surface area contributed by atoms with Crippen molar-refractivity contribution >= 4 is 13.9 Å². The van der Waals surface area contributed by atoms with Gasteiger partial charge in [-0.15, -0.1) is 0 Å². The van der Waals surface area contributed by atoms with Gasteiger partial charge in [-0.2, -0.15) is 0 Å². The van der Waals surface area contributed by atoms with Gasteiger partial charge in [0.2, 0.25) is 0 Å². The van der Waals surface area contributed by atoms with E-state index in [1.54, 1.807) is 0 Å². The smallest absolute Gasteiger partial charge is 0.329 e. The number of hydrogen-bond donors (Lipinski definition) is 3. The van der Waals surface area contributed by atoms with Crippen LogP contribution in [0.2, 0.25) is 0 Å². The van der Waals surface area contributed by atoms with Gasteiger partial charge in [-0.1, -0.05) is 0 Å². The highest BCUT2D eigenvalue weighted by Crippen LogP contribution is 2.40. The molecule has 8 heteroatoms. The fraction of sp³-hybridized carbons (Fsp3) is 0.250. The summed E-state index contributed by atoms with van der Waals surface area (Å²) in [6.45, 7) is 1.49. The van der Waals surface area contributed by atoms with Gasteiger partial charge >= 0.3 is 7.60 Å². The maximum absolute atomic E-state index is 10.7. The molecule has 16 heavy (non-hydrogen) atoms. The van der Waals surface area contributed by atoms with Crippen LogP contribution in [0.4, 0.5) is 0 Å². The van der Waals surface area contributed by atoms with Crippen LogP contribution in [0.3, 0.4) is 0 Å². The van der Waals surface area contributed by atoms with Crippen LogP contribution in [0, 0.1) is 6.92 Å². The standard InChI is InChI=1S/C8H10NO5P.H2O/c1-5-8(11)7(3-10)6(2-9-5)4-15(12,13)14;/h2-3,11H,4H2,1H3,(H2,12,13,14);1H2. The Morgan fingerprint density at radius 2 is 2.06 bits per heavy atom. The van der Waals surface area contributed by atoms with Crippen molar-refractivity contribution in [3.63, 3.8) is 0 Å². The zero-order valence-electron chi connectivity index (χ0n) is 8.41. The molecule has 0 spiro atoms. The van der Waals surface area contributed by atoms with Crippen LogP contribution in [0.15, 0.2) is 6.20 Å². The van der Waals surface area contributed by atoms with Gasteiger partial charge in [-0.3, -0.25) is 14.3 Å². The maximum atomic E-state index is 10.7. The van der Waals surface area contributed by atoms with E-state index in [2.05, 4.69) is 4.98 Å². The number of hydrogen-bond acceptors (Lipinski definition) is 4. The summed E-state index contributed by atoms with van der Waals surface area (Å²) in [7, 11) is -4.27. The van der Waals surface area contributed by atoms with E-state index in [4.69, 9.17) is 9.79 Å². The molecule has 0 amide bonds. The first-order chi connectivity index (χ1) is 6.85. The first-order valence-electron chi connectivity index (χ1n) is 4.02. The number of aromatic hydroxyl groups is 1. The zero-order valence-corrected chi connectivity index (χ0v) is 9.31. The fourth-order valence-corrected chi connectivity index (χ4v) is 1.83. The SMILES string of the molecule is Cc1ncc(CP(=O)(O)O)c(C=O)c1O.O. The lowest BCUT2D eigenvalue weighted by Gasteiger charge is -2.08. The summed E-state index contributed by atoms with van der Waals surface area (Å²) in [5.41, 5.74) is 0.166. The third kappa shape index (κ3) is 3.39. The highest BCUT2D eigenvalue weighted by atomic mass is 31.2. The first-order valence-corrected chi connectivity index (χ1v) is 5.82. The minimum Gasteiger partial charge on any atom is -0.505 e. The molecule has 90 valence electrons. The van der Waals surface area contributed by atoms with Gasteiger partial charge in [0.05, 0.1) is 17.4 Å². The van der Waals surface area contributed by atoms with Crippen LogP contribution in [0.25, 0.3) is 0 Å². The number of aldehydes is 1. The van der Waals surface area contributed by atoms with Crippen LogP contribution in [-0.4, -0.2) is 31.6 Å². The molecular weight excluding hydrogens is 237 g/mol. The third-order valence-electron chi connectivity index (χ3n) is 1.85. The van der Waals surface area contributed by atoms with E-state index in [0.29, 0.717) is 6.29 Å². The van der Waals surface area contributed by atoms with Gasteiger partial charge in [-0.25, -0.2) is 0 Å². The number of carbonyl (C=O) groups excluding carboxylic acids is 1. The quantitative estimate of drug-likeness (QED) is 0.499. The summed E-state index contributed by atoms with van der Waals surface area (Å²) in [6.07, 6.45) is 0.925. The molecule has 7 nitrogen and oxygen atoms in total. The first kappa shape index (κ1) is 14.7. The fourth-order valence-electron chi connectivity index (χ4n) is 1.13. The summed E-state index contributed by atoms with van der Waals surface area (Å²) in [4.78, 5) is 31.8. The molecule has 0 aliphatic rings. The van der Waals surface area contributed by atoms with Crippen molar-refractivity contribution in [2.75, 3.05) is 0 Å². The Hall–Kier alpha value is -1.27. The van der Waals surface area contributed by atoms with Gasteiger partial charge in [0.1, 0.15) is 5.75 Å². The Balaban J connectivity index is 0.00000225. The van der Waals surface area contributed by atoms with Gasteiger partial charge in [0.15, 0.2) is 6.29 Å². The molecule has 1 heterocycles. The second-order valence-corrected chi connectivity index (χ2v) is 4.72. The van der Waals surface area contributed by atoms with Crippen LogP contribution in [-0.2, 0) is 10.7 Å². The number of carbonyl (C=O) groups is 1. The van der Waals surface area contributed by atoms with Crippen LogP contribution < -0.4 is 0 Å². The topological polar surface area (TPSA) is 139 Å². The Morgan fingerprint density at radius 1 is 1.50 bits per heavy atom. The van der Waals surface area contributed by atoms with E-state index in [-0.39, 0.29) is 28.0 Å². The predicted octanol–water partition coefficient (Wildman–Crippen LogP) is -0.239. The van der Waals surface area contributed by atoms with E-state index >= 15 is 0 Å². The number of nitrogens with zero attached hydrogens (tertiary/aromatic N) is 1. The van der Waals surface area contributed by atoms with Crippen molar-refractivity contribution < 1.29 is 29.7 Å². The lowest BCUT2D eigenvalue weighted by molar-refractivity contribution is 0.112. The molecule has 0 saturated heterocycles. The number of pyridine rings is 1. The molecule has 0 fully saturated rings. The van der Waals surface area contributed by atoms with E-state index in [9.17, 15) is 14.5 Å². The van der Waals surface area contributed by atoms with Gasteiger partial charge in [-0.05, 0) is 12.5 Å². The highest BCUT2D eigenvalue weighted by Gasteiger charge is 2.19. The summed E-state index contributed by atoms with van der Waals surface area (Å²) in [6, 6.07) is 0. The minimum atomic E-state index is -4.27. The van der Waals surface area contributed by atoms with Crippen LogP contribution in [0.1, 0.15) is 21.6 Å². The molecule has 0 aliphatic heterocycles. The normalized spacial score (nSPS) is 10.7. The summed E-state index contributed by atoms with van der Waals surface area (Å²) in [5, 5.41) is 9.43. The number of aryl methyl sites for hydroxylation is 1. The van der Waals surface area contributed by atoms with Crippen LogP contribution in [0.5, 0.6) is 5.75 Å². The van der Waals surface area contributed by atoms with Crippen molar-refractivity contribution in [3.05, 3.63) is 23.0 Å². The molecule has 0 unspecified atom stereocenters. The molecule has 0 atom stereocenters. The van der Waals surface area contributed by atoms with E-state index in [1.165, 1.54) is 13.1 Å². The lowest BCUT2D eigenvalue weighted by atomic mass is 10.1. The van der Waals surface area contributed by atoms with Crippen molar-refractivity contribution in [2.24, 2.45) is 0 Å². The van der Waals surface area contributed by atoms with Crippen molar-refractivity contribution in [1.82, 2.24) is 4.98 Å². The third-order valence-corrected chi connectivity index (χ3v) is 2.60. The predicted molar refractivity (Wildman–Crippen MR) is 55.4 cm³/mol. The highest BCUT2D eigenvalue weighted by molar-refractivity contribution is 7.50. The largest absolute Gasteiger partial charge is 0.505 e. The Morgan fingerprint density at radius 3 is 2.50 bits per heavy atom. The number of rotatable bonds is 3. The molecule has 0 aromatic carbocycles. The molecule has 0 saturated carbocycles. The van der Waals surface area contributed by atoms with E-state index < -0.39 is 13.8 Å². The lowest BCUT2D eigenvalue weighted by Crippen LogP contribution is -1.98. The Kier molecular flexibility index (Phi) is 4.77. The van der Waals surface area contributed by atoms with Crippen molar-refractivity contribution in [2.45, 2.75) is 13.1 Å². The molecular formula is C8H12NO6P. The second kappa shape index (κ2) is 5.18.